The molecular formula is C49H73N7O11S2. The summed E-state index contributed by atoms with van der Waals surface area (Å²) >= 11 is 0. The Kier molecular flexibility index (Phi) is 21.4. The van der Waals surface area contributed by atoms with Gasteiger partial charge in [0.15, 0.2) is 6.29 Å². The zero-order valence-electron chi connectivity index (χ0n) is 40.9. The summed E-state index contributed by atoms with van der Waals surface area (Å²) in [6.07, 6.45) is 2.03. The van der Waals surface area contributed by atoms with E-state index in [4.69, 9.17) is 30.9 Å². The number of nitro groups is 1. The van der Waals surface area contributed by atoms with Crippen LogP contribution in [0, 0.1) is 44.1 Å². The maximum atomic E-state index is 14.0. The van der Waals surface area contributed by atoms with Gasteiger partial charge >= 0.3 is 6.09 Å². The van der Waals surface area contributed by atoms with E-state index < -0.39 is 67.6 Å². The van der Waals surface area contributed by atoms with Crippen molar-refractivity contribution in [3.63, 3.8) is 0 Å². The number of nitrogens with two attached hydrogens (primary N) is 2. The molecule has 0 bridgehead atoms. The van der Waals surface area contributed by atoms with Gasteiger partial charge in [0.1, 0.15) is 6.10 Å². The summed E-state index contributed by atoms with van der Waals surface area (Å²) in [5.41, 5.74) is 11.5. The molecule has 2 heterocycles. The van der Waals surface area contributed by atoms with Gasteiger partial charge in [-0.3, -0.25) is 10.1 Å². The van der Waals surface area contributed by atoms with Gasteiger partial charge in [-0.1, -0.05) is 90.4 Å². The first kappa shape index (κ1) is 56.9. The minimum absolute atomic E-state index is 0.0501. The average Bonchev–Trinajstić information content (AvgIpc) is 3.91. The largest absolute Gasteiger partial charge is 0.443 e. The van der Waals surface area contributed by atoms with Crippen molar-refractivity contribution in [1.29, 1.82) is 5.26 Å². The lowest BCUT2D eigenvalue weighted by Gasteiger charge is -2.35. The lowest BCUT2D eigenvalue weighted by molar-refractivity contribution is -0.385. The molecule has 2 saturated heterocycles. The summed E-state index contributed by atoms with van der Waals surface area (Å²) < 4.78 is 73.6. The van der Waals surface area contributed by atoms with Gasteiger partial charge < -0.3 is 36.1 Å². The molecular weight excluding hydrogens is 927 g/mol. The minimum atomic E-state index is -4.35. The molecule has 5 rings (SSSR count). The van der Waals surface area contributed by atoms with E-state index >= 15 is 0 Å². The maximum Gasteiger partial charge on any atom is 0.407 e. The van der Waals surface area contributed by atoms with Gasteiger partial charge in [0, 0.05) is 50.4 Å². The lowest BCUT2D eigenvalue weighted by Crippen LogP contribution is -2.52. The number of anilines is 1. The summed E-state index contributed by atoms with van der Waals surface area (Å²) in [6.45, 7) is 13.9. The van der Waals surface area contributed by atoms with Gasteiger partial charge in [-0.2, -0.15) is 13.9 Å². The molecule has 382 valence electrons. The summed E-state index contributed by atoms with van der Waals surface area (Å²) in [5, 5.41) is 34.8. The number of sulfonamides is 2. The minimum Gasteiger partial charge on any atom is -0.443 e. The second-order valence-electron chi connectivity index (χ2n) is 19.9. The van der Waals surface area contributed by atoms with Gasteiger partial charge in [-0.25, -0.2) is 21.6 Å². The molecule has 2 aliphatic heterocycles. The number of aliphatic hydroxyl groups is 1. The van der Waals surface area contributed by atoms with E-state index in [9.17, 15) is 36.9 Å². The van der Waals surface area contributed by atoms with Gasteiger partial charge in [0.2, 0.25) is 20.0 Å². The molecule has 0 aliphatic carbocycles. The summed E-state index contributed by atoms with van der Waals surface area (Å²) in [4.78, 5) is 23.8. The molecule has 2 fully saturated rings. The Hall–Kier alpha value is -4.72. The van der Waals surface area contributed by atoms with Crippen molar-refractivity contribution in [3.05, 3.63) is 94.5 Å². The number of ether oxygens (including phenoxy) is 3. The molecule has 18 nitrogen and oxygen atoms in total. The number of nitrogens with one attached hydrogen (secondary N) is 1. The Morgan fingerprint density at radius 1 is 0.913 bits per heavy atom. The molecule has 0 spiro atoms. The normalized spacial score (nSPS) is 18.3. The first-order valence-electron chi connectivity index (χ1n) is 23.6. The number of unbranched alkanes of at least 4 members (excludes halogenated alkanes) is 2. The monoisotopic (exact) mass is 999 g/mol. The number of hydrogen-bond acceptors (Lipinski definition) is 14. The van der Waals surface area contributed by atoms with Gasteiger partial charge in [-0.05, 0) is 91.6 Å². The van der Waals surface area contributed by atoms with Crippen LogP contribution in [0.4, 0.5) is 16.2 Å². The molecule has 3 aromatic rings. The average molecular weight is 1000 g/mol. The van der Waals surface area contributed by atoms with Gasteiger partial charge in [0.05, 0.1) is 52.1 Å². The lowest BCUT2D eigenvalue weighted by atomic mass is 9.87. The zero-order valence-corrected chi connectivity index (χ0v) is 42.5. The van der Waals surface area contributed by atoms with Crippen LogP contribution in [0.3, 0.4) is 0 Å². The second kappa shape index (κ2) is 25.9. The van der Waals surface area contributed by atoms with Crippen molar-refractivity contribution in [2.75, 3.05) is 51.7 Å². The fourth-order valence-corrected chi connectivity index (χ4v) is 12.0. The van der Waals surface area contributed by atoms with E-state index in [-0.39, 0.29) is 52.3 Å². The van der Waals surface area contributed by atoms with E-state index in [0.29, 0.717) is 57.6 Å². The van der Waals surface area contributed by atoms with Crippen LogP contribution in [-0.4, -0.2) is 112 Å². The van der Waals surface area contributed by atoms with Crippen LogP contribution in [0.1, 0.15) is 92.1 Å². The predicted molar refractivity (Wildman–Crippen MR) is 263 cm³/mol. The molecule has 0 unspecified atom stereocenters. The summed E-state index contributed by atoms with van der Waals surface area (Å²) in [6, 6.07) is 21.5. The van der Waals surface area contributed by atoms with E-state index in [2.05, 4.69) is 25.2 Å². The Balaban J connectivity index is 0.000000365. The Morgan fingerprint density at radius 2 is 1.52 bits per heavy atom. The number of carbonyl (C=O) groups is 1. The van der Waals surface area contributed by atoms with Crippen LogP contribution in [-0.2, 0) is 40.7 Å². The first-order chi connectivity index (χ1) is 32.5. The molecule has 1 amide bonds. The number of aliphatic hydroxyl groups excluding tert-OH is 1. The van der Waals surface area contributed by atoms with E-state index in [1.807, 2.05) is 58.0 Å². The van der Waals surface area contributed by atoms with Gasteiger partial charge in [0.25, 0.3) is 5.69 Å². The molecule has 0 saturated carbocycles. The smallest absolute Gasteiger partial charge is 0.407 e. The highest BCUT2D eigenvalue weighted by Crippen LogP contribution is 2.34. The fourth-order valence-electron chi connectivity index (χ4n) is 8.50. The fraction of sp³-hybridized carbons (Fsp3) is 0.592. The molecule has 6 N–H and O–H groups in total. The number of rotatable bonds is 25. The van der Waals surface area contributed by atoms with Gasteiger partial charge in [-0.15, -0.1) is 0 Å². The molecule has 3 aromatic carbocycles. The number of fused-ring (bicyclic) bond motifs is 1. The van der Waals surface area contributed by atoms with Crippen LogP contribution in [0.5, 0.6) is 0 Å². The van der Waals surface area contributed by atoms with Crippen molar-refractivity contribution in [2.45, 2.75) is 127 Å². The second-order valence-corrected chi connectivity index (χ2v) is 23.8. The SMILES string of the molecule is CC(C)(CCCC#N)CN(C[C@@H](O)[C@H](Cc1ccccc1)NC(=O)O[C@H]1CO[C@H]2OCC[C@H]21)S(=O)(=O)c1cccc([N+](=O)[O-])c1.CC(C)CN(CC(C)(C)CCCCN)S(=O)(=O)c1cccc(N)c1. The number of amides is 1. The molecule has 5 atom stereocenters. The summed E-state index contributed by atoms with van der Waals surface area (Å²) in [5.74, 6) is 0.160. The third-order valence-corrected chi connectivity index (χ3v) is 15.7. The highest BCUT2D eigenvalue weighted by molar-refractivity contribution is 7.89. The molecule has 20 heteroatoms. The number of carbonyl (C=O) groups excluding carboxylic acids is 1. The van der Waals surface area contributed by atoms with Crippen LogP contribution >= 0.6 is 0 Å². The van der Waals surface area contributed by atoms with Crippen molar-refractivity contribution in [1.82, 2.24) is 13.9 Å². The Bertz CT molecular complexity index is 2380. The molecule has 0 radical (unpaired) electrons. The van der Waals surface area contributed by atoms with E-state index in [1.54, 1.807) is 22.5 Å². The van der Waals surface area contributed by atoms with Crippen molar-refractivity contribution in [2.24, 2.45) is 28.4 Å². The first-order valence-corrected chi connectivity index (χ1v) is 26.5. The van der Waals surface area contributed by atoms with Crippen LogP contribution < -0.4 is 16.8 Å². The number of nitrogens with zero attached hydrogens (tertiary/aromatic N) is 4. The maximum absolute atomic E-state index is 14.0. The number of nitro benzene ring substituents is 1. The predicted octanol–water partition coefficient (Wildman–Crippen LogP) is 6.84. The number of nitriles is 1. The Labute approximate surface area is 408 Å². The third kappa shape index (κ3) is 17.6. The van der Waals surface area contributed by atoms with Crippen molar-refractivity contribution >= 4 is 37.5 Å². The van der Waals surface area contributed by atoms with Crippen molar-refractivity contribution < 1.29 is 45.9 Å². The number of non-ortho nitro benzene ring substituents is 1. The van der Waals surface area contributed by atoms with E-state index in [1.165, 1.54) is 24.3 Å². The summed E-state index contributed by atoms with van der Waals surface area (Å²) in [7, 11) is -7.90. The van der Waals surface area contributed by atoms with Crippen LogP contribution in [0.25, 0.3) is 0 Å². The number of hydrogen-bond donors (Lipinski definition) is 4. The zero-order chi connectivity index (χ0) is 51.0. The Morgan fingerprint density at radius 3 is 2.12 bits per heavy atom. The number of alkyl carbamates (subject to hydrolysis) is 1. The standard InChI is InChI=1S/C31H40N4O9S.C18H33N3O2S/c1-31(2,14-6-7-15-32)21-34(45(40,41)24-12-8-11-23(18-24)35(38)39)19-27(36)26(17-22-9-4-3-5-10-22)33-30(37)44-28-20-43-29-25(28)13-16-42-29;1-15(2)13-21(14-18(3,4)10-5-6-11-19)24(22,23)17-9-7-8-16(20)12-17/h3-5,8-12,18,25-29,36H,6-7,13-14,16-17,19-21H2,1-2H3,(H,33,37);7-9,12,15H,5-6,10-11,13-14,19-20H2,1-4H3/t25-,26-,27+,28-,29+;/m0./s1. The van der Waals surface area contributed by atoms with E-state index in [0.717, 1.165) is 35.2 Å². The quantitative estimate of drug-likeness (QED) is 0.0293. The number of benzene rings is 3. The van der Waals surface area contributed by atoms with Crippen molar-refractivity contribution in [3.8, 4) is 6.07 Å². The molecule has 0 aromatic heterocycles. The topological polar surface area (TPSA) is 271 Å². The van der Waals surface area contributed by atoms with Crippen LogP contribution in [0.2, 0.25) is 0 Å². The molecule has 2 aliphatic rings. The third-order valence-electron chi connectivity index (χ3n) is 12.1. The highest BCUT2D eigenvalue weighted by atomic mass is 32.2. The van der Waals surface area contributed by atoms with Crippen LogP contribution in [0.15, 0.2) is 88.7 Å². The number of nitrogen functional groups attached to an aromatic ring is 1. The highest BCUT2D eigenvalue weighted by Gasteiger charge is 2.44. The molecule has 69 heavy (non-hydrogen) atoms.